The van der Waals surface area contributed by atoms with Crippen LogP contribution in [-0.2, 0) is 4.79 Å². The zero-order valence-corrected chi connectivity index (χ0v) is 13.9. The topological polar surface area (TPSA) is 32.3 Å². The van der Waals surface area contributed by atoms with E-state index < -0.39 is 0 Å². The van der Waals surface area contributed by atoms with Crippen molar-refractivity contribution in [3.05, 3.63) is 29.8 Å². The summed E-state index contributed by atoms with van der Waals surface area (Å²) in [6.45, 7) is 7.22. The molecule has 1 fully saturated rings. The molecule has 1 aromatic carbocycles. The fourth-order valence-corrected chi connectivity index (χ4v) is 3.33. The smallest absolute Gasteiger partial charge is 0.220 e. The third-order valence-corrected chi connectivity index (χ3v) is 4.82. The van der Waals surface area contributed by atoms with E-state index in [2.05, 4.69) is 48.3 Å². The van der Waals surface area contributed by atoms with Crippen molar-refractivity contribution in [2.75, 3.05) is 36.0 Å². The van der Waals surface area contributed by atoms with Gasteiger partial charge < -0.3 is 10.2 Å². The Bertz CT molecular complexity index is 464. The van der Waals surface area contributed by atoms with E-state index in [9.17, 15) is 4.79 Å². The molecule has 1 aliphatic heterocycles. The molecule has 0 saturated carbocycles. The van der Waals surface area contributed by atoms with Gasteiger partial charge in [-0.3, -0.25) is 4.79 Å². The lowest BCUT2D eigenvalue weighted by Crippen LogP contribution is -2.31. The third kappa shape index (κ3) is 5.27. The van der Waals surface area contributed by atoms with Crippen molar-refractivity contribution in [2.45, 2.75) is 26.7 Å². The van der Waals surface area contributed by atoms with Gasteiger partial charge in [-0.05, 0) is 42.7 Å². The Morgan fingerprint density at radius 3 is 3.10 bits per heavy atom. The highest BCUT2D eigenvalue weighted by Crippen LogP contribution is 2.24. The summed E-state index contributed by atoms with van der Waals surface area (Å²) in [6, 6.07) is 8.66. The van der Waals surface area contributed by atoms with Gasteiger partial charge in [-0.2, -0.15) is 11.8 Å². The summed E-state index contributed by atoms with van der Waals surface area (Å²) in [5, 5.41) is 3.09. The molecule has 1 aliphatic rings. The first-order valence-electron chi connectivity index (χ1n) is 7.85. The number of hydrogen-bond donors (Lipinski definition) is 1. The minimum absolute atomic E-state index is 0.199. The van der Waals surface area contributed by atoms with Crippen molar-refractivity contribution in [1.29, 1.82) is 0 Å². The van der Waals surface area contributed by atoms with Crippen LogP contribution in [0.3, 0.4) is 0 Å². The average Bonchev–Trinajstić information content (AvgIpc) is 2.94. The number of hydrogen-bond acceptors (Lipinski definition) is 3. The maximum absolute atomic E-state index is 11.7. The summed E-state index contributed by atoms with van der Waals surface area (Å²) in [7, 11) is 0. The number of anilines is 1. The molecular formula is C17H26N2OS. The molecule has 0 aromatic heterocycles. The quantitative estimate of drug-likeness (QED) is 0.786. The number of nitrogens with zero attached hydrogens (tertiary/aromatic N) is 1. The molecule has 0 aliphatic carbocycles. The van der Waals surface area contributed by atoms with Crippen LogP contribution in [0, 0.1) is 12.8 Å². The van der Waals surface area contributed by atoms with Gasteiger partial charge in [0, 0.05) is 37.5 Å². The molecule has 2 rings (SSSR count). The third-order valence-electron chi connectivity index (χ3n) is 3.92. The summed E-state index contributed by atoms with van der Waals surface area (Å²) in [5.74, 6) is 2.79. The minimum atomic E-state index is 0.199. The first-order valence-corrected chi connectivity index (χ1v) is 9.00. The number of rotatable bonds is 7. The fourth-order valence-electron chi connectivity index (χ4n) is 2.71. The Hall–Kier alpha value is -1.16. The summed E-state index contributed by atoms with van der Waals surface area (Å²) >= 11 is 1.82. The van der Waals surface area contributed by atoms with Gasteiger partial charge in [-0.25, -0.2) is 0 Å². The number of carbonyl (C=O) groups is 1. The average molecular weight is 306 g/mol. The molecule has 1 heterocycles. The van der Waals surface area contributed by atoms with E-state index in [-0.39, 0.29) is 5.91 Å². The van der Waals surface area contributed by atoms with Crippen molar-refractivity contribution < 1.29 is 4.79 Å². The van der Waals surface area contributed by atoms with Crippen LogP contribution < -0.4 is 10.2 Å². The van der Waals surface area contributed by atoms with Gasteiger partial charge in [0.05, 0.1) is 0 Å². The van der Waals surface area contributed by atoms with Gasteiger partial charge in [0.25, 0.3) is 0 Å². The van der Waals surface area contributed by atoms with Crippen LogP contribution in [0.15, 0.2) is 24.3 Å². The van der Waals surface area contributed by atoms with Crippen molar-refractivity contribution in [3.63, 3.8) is 0 Å². The van der Waals surface area contributed by atoms with E-state index in [0.29, 0.717) is 12.3 Å². The monoisotopic (exact) mass is 306 g/mol. The van der Waals surface area contributed by atoms with Crippen molar-refractivity contribution in [2.24, 2.45) is 5.92 Å². The van der Waals surface area contributed by atoms with Gasteiger partial charge in [-0.1, -0.05) is 19.1 Å². The molecule has 0 radical (unpaired) electrons. The first kappa shape index (κ1) is 16.2. The first-order chi connectivity index (χ1) is 10.2. The number of benzene rings is 1. The lowest BCUT2D eigenvalue weighted by Gasteiger charge is -2.19. The molecule has 0 spiro atoms. The normalized spacial score (nSPS) is 18.0. The molecule has 4 heteroatoms. The molecule has 0 unspecified atom stereocenters. The highest BCUT2D eigenvalue weighted by Gasteiger charge is 2.22. The molecule has 116 valence electrons. The Balaban J connectivity index is 1.72. The second-order valence-corrected chi connectivity index (χ2v) is 7.08. The van der Waals surface area contributed by atoms with Crippen molar-refractivity contribution in [3.8, 4) is 0 Å². The van der Waals surface area contributed by atoms with E-state index in [1.54, 1.807) is 0 Å². The maximum atomic E-state index is 11.7. The molecule has 3 nitrogen and oxygen atoms in total. The Labute approximate surface area is 132 Å². The van der Waals surface area contributed by atoms with E-state index in [1.165, 1.54) is 11.3 Å². The van der Waals surface area contributed by atoms with E-state index >= 15 is 0 Å². The van der Waals surface area contributed by atoms with Gasteiger partial charge in [0.1, 0.15) is 0 Å². The van der Waals surface area contributed by atoms with Crippen LogP contribution >= 0.6 is 11.8 Å². The predicted molar refractivity (Wildman–Crippen MR) is 92.1 cm³/mol. The summed E-state index contributed by atoms with van der Waals surface area (Å²) < 4.78 is 0. The highest BCUT2D eigenvalue weighted by atomic mass is 32.2. The summed E-state index contributed by atoms with van der Waals surface area (Å²) in [5.41, 5.74) is 2.61. The van der Waals surface area contributed by atoms with E-state index in [0.717, 1.165) is 37.6 Å². The van der Waals surface area contributed by atoms with E-state index in [4.69, 9.17) is 0 Å². The zero-order valence-electron chi connectivity index (χ0n) is 13.1. The second kappa shape index (κ2) is 8.32. The van der Waals surface area contributed by atoms with Crippen LogP contribution in [0.25, 0.3) is 0 Å². The Morgan fingerprint density at radius 1 is 1.48 bits per heavy atom. The number of nitrogens with one attached hydrogen (secondary N) is 1. The summed E-state index contributed by atoms with van der Waals surface area (Å²) in [6.07, 6.45) is 1.81. The Kier molecular flexibility index (Phi) is 6.43. The molecule has 1 N–H and O–H groups in total. The molecule has 1 amide bonds. The standard InChI is InChI=1S/C17H26N2OS/c1-3-21-10-8-17(20)18-12-15-7-9-19(13-15)16-6-4-5-14(2)11-16/h4-6,11,15H,3,7-10,12-13H2,1-2H3,(H,18,20)/t15-/m0/s1. The zero-order chi connectivity index (χ0) is 15.1. The van der Waals surface area contributed by atoms with Gasteiger partial charge in [-0.15, -0.1) is 0 Å². The number of carbonyl (C=O) groups excluding carboxylic acids is 1. The second-order valence-electron chi connectivity index (χ2n) is 5.69. The van der Waals surface area contributed by atoms with Crippen LogP contribution in [0.1, 0.15) is 25.3 Å². The number of thioether (sulfide) groups is 1. The minimum Gasteiger partial charge on any atom is -0.371 e. The van der Waals surface area contributed by atoms with Crippen LogP contribution in [-0.4, -0.2) is 37.0 Å². The van der Waals surface area contributed by atoms with Crippen LogP contribution in [0.4, 0.5) is 5.69 Å². The fraction of sp³-hybridized carbons (Fsp3) is 0.588. The SMILES string of the molecule is CCSCCC(=O)NC[C@@H]1CCN(c2cccc(C)c2)C1. The highest BCUT2D eigenvalue weighted by molar-refractivity contribution is 7.99. The van der Waals surface area contributed by atoms with Gasteiger partial charge in [0.2, 0.25) is 5.91 Å². The van der Waals surface area contributed by atoms with Gasteiger partial charge >= 0.3 is 0 Å². The van der Waals surface area contributed by atoms with E-state index in [1.807, 2.05) is 11.8 Å². The summed E-state index contributed by atoms with van der Waals surface area (Å²) in [4.78, 5) is 14.2. The molecule has 1 atom stereocenters. The van der Waals surface area contributed by atoms with Crippen LogP contribution in [0.5, 0.6) is 0 Å². The molecule has 1 saturated heterocycles. The van der Waals surface area contributed by atoms with Crippen molar-refractivity contribution >= 4 is 23.4 Å². The molecule has 1 aromatic rings. The predicted octanol–water partition coefficient (Wildman–Crippen LogP) is 3.08. The molecule has 21 heavy (non-hydrogen) atoms. The van der Waals surface area contributed by atoms with Gasteiger partial charge in [0.15, 0.2) is 0 Å². The molecule has 0 bridgehead atoms. The van der Waals surface area contributed by atoms with Crippen LogP contribution in [0.2, 0.25) is 0 Å². The molecular weight excluding hydrogens is 280 g/mol. The maximum Gasteiger partial charge on any atom is 0.220 e. The lowest BCUT2D eigenvalue weighted by atomic mass is 10.1. The largest absolute Gasteiger partial charge is 0.371 e. The van der Waals surface area contributed by atoms with Crippen molar-refractivity contribution in [1.82, 2.24) is 5.32 Å². The number of aryl methyl sites for hydroxylation is 1. The lowest BCUT2D eigenvalue weighted by molar-refractivity contribution is -0.120. The number of amides is 1. The Morgan fingerprint density at radius 2 is 2.33 bits per heavy atom.